The van der Waals surface area contributed by atoms with Gasteiger partial charge in [0, 0.05) is 11.1 Å². The molecule has 0 saturated heterocycles. The smallest absolute Gasteiger partial charge is 0.0488 e. The highest BCUT2D eigenvalue weighted by Gasteiger charge is 2.47. The molecule has 0 amide bonds. The van der Waals surface area contributed by atoms with Gasteiger partial charge >= 0.3 is 0 Å². The van der Waals surface area contributed by atoms with Crippen LogP contribution >= 0.6 is 11.6 Å². The van der Waals surface area contributed by atoms with Crippen molar-refractivity contribution in [3.8, 4) is 0 Å². The first-order valence-electron chi connectivity index (χ1n) is 5.99. The van der Waals surface area contributed by atoms with Crippen LogP contribution in [0.2, 0.25) is 5.02 Å². The molecule has 3 atom stereocenters. The minimum absolute atomic E-state index is 0.270. The minimum Gasteiger partial charge on any atom is -0.271 e. The average molecular weight is 237 g/mol. The van der Waals surface area contributed by atoms with Gasteiger partial charge in [-0.2, -0.15) is 0 Å². The molecule has 3 heteroatoms. The molecule has 3 N–H and O–H groups in total. The van der Waals surface area contributed by atoms with Crippen LogP contribution in [-0.2, 0) is 0 Å². The van der Waals surface area contributed by atoms with Crippen LogP contribution in [0, 0.1) is 17.8 Å². The monoisotopic (exact) mass is 236 g/mol. The molecule has 3 unspecified atom stereocenters. The molecule has 0 spiro atoms. The van der Waals surface area contributed by atoms with E-state index >= 15 is 0 Å². The molecule has 2 fully saturated rings. The quantitative estimate of drug-likeness (QED) is 0.626. The second-order valence-corrected chi connectivity index (χ2v) is 5.62. The first-order chi connectivity index (χ1) is 7.78. The standard InChI is InChI=1S/C13H17ClN2/c14-12-3-1-2-8(7-12)13(16-15)11-5-9-4-10(9)6-11/h1-3,7,9-11,13,16H,4-6,15H2. The summed E-state index contributed by atoms with van der Waals surface area (Å²) in [6.45, 7) is 0. The number of hydrogen-bond donors (Lipinski definition) is 2. The van der Waals surface area contributed by atoms with Gasteiger partial charge in [-0.1, -0.05) is 23.7 Å². The molecule has 1 aromatic carbocycles. The summed E-state index contributed by atoms with van der Waals surface area (Å²) in [5, 5.41) is 0.793. The maximum absolute atomic E-state index is 6.02. The Balaban J connectivity index is 1.79. The number of hydrogen-bond acceptors (Lipinski definition) is 2. The molecule has 16 heavy (non-hydrogen) atoms. The predicted molar refractivity (Wildman–Crippen MR) is 65.8 cm³/mol. The lowest BCUT2D eigenvalue weighted by atomic mass is 9.90. The van der Waals surface area contributed by atoms with Crippen molar-refractivity contribution in [2.24, 2.45) is 23.6 Å². The number of rotatable bonds is 3. The second-order valence-electron chi connectivity index (χ2n) is 5.19. The van der Waals surface area contributed by atoms with Gasteiger partial charge in [-0.05, 0) is 54.7 Å². The van der Waals surface area contributed by atoms with Gasteiger partial charge in [0.15, 0.2) is 0 Å². The molecule has 2 aliphatic carbocycles. The van der Waals surface area contributed by atoms with Gasteiger partial charge in [-0.25, -0.2) is 0 Å². The van der Waals surface area contributed by atoms with Crippen molar-refractivity contribution in [3.63, 3.8) is 0 Å². The van der Waals surface area contributed by atoms with Gasteiger partial charge in [0.1, 0.15) is 0 Å². The third-order valence-corrected chi connectivity index (χ3v) is 4.37. The summed E-state index contributed by atoms with van der Waals surface area (Å²) in [4.78, 5) is 0. The van der Waals surface area contributed by atoms with Crippen LogP contribution in [0.5, 0.6) is 0 Å². The Bertz CT molecular complexity index is 383. The Hall–Kier alpha value is -0.570. The number of hydrazine groups is 1. The largest absolute Gasteiger partial charge is 0.271 e. The van der Waals surface area contributed by atoms with Crippen LogP contribution in [0.1, 0.15) is 30.9 Å². The van der Waals surface area contributed by atoms with E-state index in [2.05, 4.69) is 11.5 Å². The highest BCUT2D eigenvalue weighted by atomic mass is 35.5. The third kappa shape index (κ3) is 1.86. The van der Waals surface area contributed by atoms with Crippen LogP contribution in [-0.4, -0.2) is 0 Å². The topological polar surface area (TPSA) is 38.0 Å². The third-order valence-electron chi connectivity index (χ3n) is 4.14. The zero-order valence-electron chi connectivity index (χ0n) is 9.20. The maximum atomic E-state index is 6.02. The summed E-state index contributed by atoms with van der Waals surface area (Å²) in [6, 6.07) is 8.31. The van der Waals surface area contributed by atoms with E-state index in [4.69, 9.17) is 17.4 Å². The van der Waals surface area contributed by atoms with E-state index in [0.29, 0.717) is 5.92 Å². The van der Waals surface area contributed by atoms with Gasteiger partial charge in [-0.15, -0.1) is 0 Å². The summed E-state index contributed by atoms with van der Waals surface area (Å²) >= 11 is 6.02. The predicted octanol–water partition coefficient (Wildman–Crippen LogP) is 2.89. The highest BCUT2D eigenvalue weighted by molar-refractivity contribution is 6.30. The SMILES string of the molecule is NNC(c1cccc(Cl)c1)C1CC2CC2C1. The van der Waals surface area contributed by atoms with Gasteiger partial charge in [0.2, 0.25) is 0 Å². The van der Waals surface area contributed by atoms with Gasteiger partial charge < -0.3 is 0 Å². The molecule has 86 valence electrons. The molecular weight excluding hydrogens is 220 g/mol. The van der Waals surface area contributed by atoms with Gasteiger partial charge in [0.25, 0.3) is 0 Å². The number of benzene rings is 1. The normalized spacial score (nSPS) is 33.5. The Kier molecular flexibility index (Phi) is 2.66. The summed E-state index contributed by atoms with van der Waals surface area (Å²) in [5.74, 6) is 8.36. The molecule has 2 saturated carbocycles. The van der Waals surface area contributed by atoms with E-state index in [0.717, 1.165) is 16.9 Å². The lowest BCUT2D eigenvalue weighted by molar-refractivity contribution is 0.345. The van der Waals surface area contributed by atoms with E-state index < -0.39 is 0 Å². The zero-order chi connectivity index (χ0) is 11.1. The van der Waals surface area contributed by atoms with Crippen molar-refractivity contribution in [2.45, 2.75) is 25.3 Å². The Labute approximate surface area is 101 Å². The fraction of sp³-hybridized carbons (Fsp3) is 0.538. The van der Waals surface area contributed by atoms with Gasteiger partial charge in [0.05, 0.1) is 0 Å². The fourth-order valence-electron chi connectivity index (χ4n) is 3.24. The first-order valence-corrected chi connectivity index (χ1v) is 6.37. The van der Waals surface area contributed by atoms with Crippen LogP contribution in [0.4, 0.5) is 0 Å². The van der Waals surface area contributed by atoms with Crippen LogP contribution in [0.3, 0.4) is 0 Å². The molecule has 0 aliphatic heterocycles. The summed E-state index contributed by atoms with van der Waals surface area (Å²) < 4.78 is 0. The molecule has 2 aliphatic rings. The van der Waals surface area contributed by atoms with Crippen molar-refractivity contribution < 1.29 is 0 Å². The Morgan fingerprint density at radius 2 is 2.00 bits per heavy atom. The molecule has 3 rings (SSSR count). The van der Waals surface area contributed by atoms with Gasteiger partial charge in [-0.3, -0.25) is 11.3 Å². The highest BCUT2D eigenvalue weighted by Crippen LogP contribution is 2.57. The summed E-state index contributed by atoms with van der Waals surface area (Å²) in [5.41, 5.74) is 4.19. The van der Waals surface area contributed by atoms with Crippen LogP contribution < -0.4 is 11.3 Å². The number of nitrogens with two attached hydrogens (primary N) is 1. The summed E-state index contributed by atoms with van der Waals surface area (Å²) in [7, 11) is 0. The zero-order valence-corrected chi connectivity index (χ0v) is 9.95. The maximum Gasteiger partial charge on any atom is 0.0488 e. The van der Waals surface area contributed by atoms with Crippen LogP contribution in [0.15, 0.2) is 24.3 Å². The molecule has 0 radical (unpaired) electrons. The van der Waals surface area contributed by atoms with E-state index in [1.165, 1.54) is 24.8 Å². The number of fused-ring (bicyclic) bond motifs is 1. The van der Waals surface area contributed by atoms with Crippen LogP contribution in [0.25, 0.3) is 0 Å². The van der Waals surface area contributed by atoms with Crippen molar-refractivity contribution in [1.29, 1.82) is 0 Å². The lowest BCUT2D eigenvalue weighted by Crippen LogP contribution is -2.33. The van der Waals surface area contributed by atoms with Crippen molar-refractivity contribution >= 4 is 11.6 Å². The molecule has 0 aromatic heterocycles. The fourth-order valence-corrected chi connectivity index (χ4v) is 3.44. The second kappa shape index (κ2) is 4.02. The van der Waals surface area contributed by atoms with Crippen molar-refractivity contribution in [1.82, 2.24) is 5.43 Å². The summed E-state index contributed by atoms with van der Waals surface area (Å²) in [6.07, 6.45) is 4.10. The average Bonchev–Trinajstić information content (AvgIpc) is 2.88. The minimum atomic E-state index is 0.270. The van der Waals surface area contributed by atoms with Crippen molar-refractivity contribution in [3.05, 3.63) is 34.9 Å². The number of nitrogens with one attached hydrogen (secondary N) is 1. The Morgan fingerprint density at radius 1 is 1.25 bits per heavy atom. The molecular formula is C13H17ClN2. The lowest BCUT2D eigenvalue weighted by Gasteiger charge is -2.24. The van der Waals surface area contributed by atoms with E-state index in [9.17, 15) is 0 Å². The molecule has 0 bridgehead atoms. The number of halogens is 1. The van der Waals surface area contributed by atoms with E-state index in [-0.39, 0.29) is 6.04 Å². The molecule has 1 aromatic rings. The van der Waals surface area contributed by atoms with E-state index in [1.54, 1.807) is 0 Å². The molecule has 2 nitrogen and oxygen atoms in total. The van der Waals surface area contributed by atoms with Crippen molar-refractivity contribution in [2.75, 3.05) is 0 Å². The first kappa shape index (κ1) is 10.6. The molecule has 0 heterocycles. The Morgan fingerprint density at radius 3 is 2.62 bits per heavy atom. The van der Waals surface area contributed by atoms with E-state index in [1.807, 2.05) is 18.2 Å².